The molecule has 5 nitrogen and oxygen atoms in total. The first-order valence-corrected chi connectivity index (χ1v) is 9.74. The van der Waals surface area contributed by atoms with Crippen molar-refractivity contribution in [3.63, 3.8) is 0 Å². The second-order valence-electron chi connectivity index (χ2n) is 5.39. The van der Waals surface area contributed by atoms with Gasteiger partial charge in [0.25, 0.3) is 0 Å². The summed E-state index contributed by atoms with van der Waals surface area (Å²) in [6, 6.07) is 1.75. The highest BCUT2D eigenvalue weighted by Crippen LogP contribution is 2.28. The maximum Gasteiger partial charge on any atom is 0.321 e. The van der Waals surface area contributed by atoms with Crippen LogP contribution in [0.1, 0.15) is 17.6 Å². The summed E-state index contributed by atoms with van der Waals surface area (Å²) in [7, 11) is 0. The van der Waals surface area contributed by atoms with Crippen LogP contribution < -0.4 is 5.32 Å². The highest BCUT2D eigenvalue weighted by atomic mass is 35.5. The lowest BCUT2D eigenvalue weighted by Crippen LogP contribution is -2.49. The average Bonchev–Trinajstić information content (AvgIpc) is 3.17. The molecular formula is C15H19ClN4OS2. The lowest BCUT2D eigenvalue weighted by Gasteiger charge is -2.34. The first-order chi connectivity index (χ1) is 11.2. The van der Waals surface area contributed by atoms with Gasteiger partial charge in [0.05, 0.1) is 16.4 Å². The topological polar surface area (TPSA) is 48.5 Å². The molecule has 0 aliphatic carbocycles. The Morgan fingerprint density at radius 1 is 1.35 bits per heavy atom. The van der Waals surface area contributed by atoms with Crippen LogP contribution in [0.2, 0.25) is 4.34 Å². The molecule has 3 rings (SSSR count). The number of hydrogen-bond donors (Lipinski definition) is 1. The van der Waals surface area contributed by atoms with Gasteiger partial charge in [-0.15, -0.1) is 22.7 Å². The summed E-state index contributed by atoms with van der Waals surface area (Å²) in [5, 5.41) is 8.06. The lowest BCUT2D eigenvalue weighted by molar-refractivity contribution is 0.142. The minimum atomic E-state index is -0.0770. The maximum atomic E-state index is 12.3. The third kappa shape index (κ3) is 4.23. The van der Waals surface area contributed by atoms with Gasteiger partial charge in [-0.2, -0.15) is 0 Å². The molecule has 0 saturated carbocycles. The molecule has 3 heterocycles. The van der Waals surface area contributed by atoms with Crippen LogP contribution in [0, 0.1) is 0 Å². The first kappa shape index (κ1) is 16.7. The summed E-state index contributed by atoms with van der Waals surface area (Å²) < 4.78 is 0.618. The summed E-state index contributed by atoms with van der Waals surface area (Å²) in [6.07, 6.45) is 0.990. The van der Waals surface area contributed by atoms with Gasteiger partial charge in [-0.05, 0) is 17.9 Å². The SMILES string of the molecule is CCc1nc(CN2CCN(C(=O)Nc3ccsc3Cl)CC2)cs1. The van der Waals surface area contributed by atoms with E-state index in [1.165, 1.54) is 16.3 Å². The van der Waals surface area contributed by atoms with Gasteiger partial charge in [0.1, 0.15) is 4.34 Å². The van der Waals surface area contributed by atoms with Gasteiger partial charge in [-0.3, -0.25) is 4.90 Å². The van der Waals surface area contributed by atoms with Crippen molar-refractivity contribution in [2.45, 2.75) is 19.9 Å². The van der Waals surface area contributed by atoms with Gasteiger partial charge in [-0.1, -0.05) is 18.5 Å². The molecule has 2 aromatic heterocycles. The number of nitrogens with zero attached hydrogens (tertiary/aromatic N) is 3. The molecular weight excluding hydrogens is 352 g/mol. The number of anilines is 1. The zero-order valence-electron chi connectivity index (χ0n) is 12.9. The van der Waals surface area contributed by atoms with Crippen molar-refractivity contribution in [2.24, 2.45) is 0 Å². The number of aryl methyl sites for hydroxylation is 1. The largest absolute Gasteiger partial charge is 0.322 e. The van der Waals surface area contributed by atoms with Crippen molar-refractivity contribution in [1.29, 1.82) is 0 Å². The Bertz CT molecular complexity index is 664. The number of carbonyl (C=O) groups is 1. The monoisotopic (exact) mass is 370 g/mol. The molecule has 1 aliphatic rings. The maximum absolute atomic E-state index is 12.3. The van der Waals surface area contributed by atoms with Crippen LogP contribution in [0.3, 0.4) is 0 Å². The van der Waals surface area contributed by atoms with E-state index < -0.39 is 0 Å². The zero-order chi connectivity index (χ0) is 16.2. The van der Waals surface area contributed by atoms with Gasteiger partial charge < -0.3 is 10.2 Å². The Hall–Kier alpha value is -1.15. The summed E-state index contributed by atoms with van der Waals surface area (Å²) in [5.41, 5.74) is 1.83. The predicted molar refractivity (Wildman–Crippen MR) is 96.7 cm³/mol. The van der Waals surface area contributed by atoms with Crippen molar-refractivity contribution in [1.82, 2.24) is 14.8 Å². The Labute approximate surface area is 148 Å². The summed E-state index contributed by atoms with van der Waals surface area (Å²) >= 11 is 9.16. The molecule has 0 unspecified atom stereocenters. The van der Waals surface area contributed by atoms with E-state index in [-0.39, 0.29) is 6.03 Å². The second-order valence-corrected chi connectivity index (χ2v) is 7.85. The van der Waals surface area contributed by atoms with Crippen molar-refractivity contribution in [3.05, 3.63) is 31.9 Å². The fourth-order valence-electron chi connectivity index (χ4n) is 2.50. The Kier molecular flexibility index (Phi) is 5.53. The molecule has 0 radical (unpaired) electrons. The number of urea groups is 1. The van der Waals surface area contributed by atoms with E-state index in [0.29, 0.717) is 10.0 Å². The molecule has 1 aliphatic heterocycles. The minimum absolute atomic E-state index is 0.0770. The summed E-state index contributed by atoms with van der Waals surface area (Å²) in [4.78, 5) is 21.0. The standard InChI is InChI=1S/C15H19ClN4OS2/c1-2-13-17-11(10-23-13)9-19-4-6-20(7-5-19)15(21)18-12-3-8-22-14(12)16/h3,8,10H,2,4-7,9H2,1H3,(H,18,21). The van der Waals surface area contributed by atoms with Crippen LogP contribution in [0.25, 0.3) is 0 Å². The van der Waals surface area contributed by atoms with Gasteiger partial charge in [0, 0.05) is 38.1 Å². The Morgan fingerprint density at radius 3 is 2.74 bits per heavy atom. The van der Waals surface area contributed by atoms with Crippen LogP contribution in [0.4, 0.5) is 10.5 Å². The molecule has 124 valence electrons. The second kappa shape index (κ2) is 7.61. The minimum Gasteiger partial charge on any atom is -0.322 e. The van der Waals surface area contributed by atoms with Crippen molar-refractivity contribution in [2.75, 3.05) is 31.5 Å². The van der Waals surface area contributed by atoms with Crippen molar-refractivity contribution in [3.8, 4) is 0 Å². The summed E-state index contributed by atoms with van der Waals surface area (Å²) in [6.45, 7) is 6.16. The molecule has 0 atom stereocenters. The molecule has 1 fully saturated rings. The molecule has 2 amide bonds. The summed E-state index contributed by atoms with van der Waals surface area (Å²) in [5.74, 6) is 0. The van der Waals surface area contributed by atoms with Crippen molar-refractivity contribution < 1.29 is 4.79 Å². The highest BCUT2D eigenvalue weighted by Gasteiger charge is 2.22. The molecule has 8 heteroatoms. The number of halogens is 1. The van der Waals surface area contributed by atoms with E-state index in [0.717, 1.165) is 44.8 Å². The van der Waals surface area contributed by atoms with Gasteiger partial charge in [-0.25, -0.2) is 9.78 Å². The van der Waals surface area contributed by atoms with Crippen LogP contribution in [-0.4, -0.2) is 47.0 Å². The quantitative estimate of drug-likeness (QED) is 0.891. The van der Waals surface area contributed by atoms with E-state index in [2.05, 4.69) is 27.5 Å². The molecule has 0 aromatic carbocycles. The highest BCUT2D eigenvalue weighted by molar-refractivity contribution is 7.15. The Balaban J connectivity index is 1.48. The van der Waals surface area contributed by atoms with Gasteiger partial charge in [0.2, 0.25) is 0 Å². The molecule has 1 N–H and O–H groups in total. The van der Waals surface area contributed by atoms with E-state index in [1.807, 2.05) is 16.3 Å². The number of piperazine rings is 1. The first-order valence-electron chi connectivity index (χ1n) is 7.60. The number of aromatic nitrogens is 1. The third-order valence-electron chi connectivity index (χ3n) is 3.81. The van der Waals surface area contributed by atoms with Crippen LogP contribution in [0.5, 0.6) is 0 Å². The Morgan fingerprint density at radius 2 is 2.13 bits per heavy atom. The molecule has 2 aromatic rings. The average molecular weight is 371 g/mol. The van der Waals surface area contributed by atoms with Crippen LogP contribution in [-0.2, 0) is 13.0 Å². The fraction of sp³-hybridized carbons (Fsp3) is 0.467. The van der Waals surface area contributed by atoms with E-state index in [4.69, 9.17) is 11.6 Å². The number of thiazole rings is 1. The number of carbonyl (C=O) groups excluding carboxylic acids is 1. The van der Waals surface area contributed by atoms with Crippen LogP contribution >= 0.6 is 34.3 Å². The smallest absolute Gasteiger partial charge is 0.321 e. The lowest BCUT2D eigenvalue weighted by atomic mass is 10.3. The van der Waals surface area contributed by atoms with Gasteiger partial charge >= 0.3 is 6.03 Å². The molecule has 0 spiro atoms. The van der Waals surface area contributed by atoms with E-state index >= 15 is 0 Å². The number of amides is 2. The predicted octanol–water partition coefficient (Wildman–Crippen LogP) is 3.77. The number of rotatable bonds is 4. The fourth-order valence-corrected chi connectivity index (χ4v) is 4.07. The number of thiophene rings is 1. The zero-order valence-corrected chi connectivity index (χ0v) is 15.3. The molecule has 1 saturated heterocycles. The van der Waals surface area contributed by atoms with Crippen LogP contribution in [0.15, 0.2) is 16.8 Å². The number of nitrogens with one attached hydrogen (secondary N) is 1. The molecule has 0 bridgehead atoms. The molecule has 23 heavy (non-hydrogen) atoms. The van der Waals surface area contributed by atoms with Gasteiger partial charge in [0.15, 0.2) is 0 Å². The van der Waals surface area contributed by atoms with E-state index in [1.54, 1.807) is 11.3 Å². The van der Waals surface area contributed by atoms with Crippen molar-refractivity contribution >= 4 is 46.0 Å². The normalized spacial score (nSPS) is 15.8. The number of hydrogen-bond acceptors (Lipinski definition) is 5. The van der Waals surface area contributed by atoms with E-state index in [9.17, 15) is 4.79 Å². The third-order valence-corrected chi connectivity index (χ3v) is 6.02.